The summed E-state index contributed by atoms with van der Waals surface area (Å²) in [4.78, 5) is 35.0. The maximum Gasteiger partial charge on any atom is 0.242 e. The summed E-state index contributed by atoms with van der Waals surface area (Å²) in [7, 11) is 1.50. The second-order valence-corrected chi connectivity index (χ2v) is 4.93. The zero-order valence-electron chi connectivity index (χ0n) is 14.8. The Bertz CT molecular complexity index is 518. The van der Waals surface area contributed by atoms with Crippen LogP contribution < -0.4 is 21.7 Å². The summed E-state index contributed by atoms with van der Waals surface area (Å²) >= 11 is 0. The summed E-state index contributed by atoms with van der Waals surface area (Å²) in [6.07, 6.45) is 0.369. The SMILES string of the molecule is CC.CNC(=O)[C@H](Cc1ccccc1)NC(=O)CNC(=O)[C@H](C)N. The van der Waals surface area contributed by atoms with Gasteiger partial charge in [-0.2, -0.15) is 0 Å². The Labute approximate surface area is 143 Å². The van der Waals surface area contributed by atoms with Crippen molar-refractivity contribution in [1.29, 1.82) is 0 Å². The first kappa shape index (κ1) is 21.6. The molecule has 0 bridgehead atoms. The molecule has 134 valence electrons. The molecular formula is C17H28N4O3. The third-order valence-corrected chi connectivity index (χ3v) is 3.02. The van der Waals surface area contributed by atoms with Crippen LogP contribution in [-0.4, -0.2) is 43.4 Å². The van der Waals surface area contributed by atoms with E-state index in [0.717, 1.165) is 5.56 Å². The van der Waals surface area contributed by atoms with Crippen LogP contribution in [0.2, 0.25) is 0 Å². The third kappa shape index (κ3) is 8.28. The van der Waals surface area contributed by atoms with Gasteiger partial charge in [0.25, 0.3) is 0 Å². The van der Waals surface area contributed by atoms with Crippen molar-refractivity contribution in [3.63, 3.8) is 0 Å². The Hall–Kier alpha value is -2.41. The highest BCUT2D eigenvalue weighted by Gasteiger charge is 2.20. The highest BCUT2D eigenvalue weighted by atomic mass is 16.2. The zero-order valence-corrected chi connectivity index (χ0v) is 14.8. The number of hydrogen-bond donors (Lipinski definition) is 4. The van der Waals surface area contributed by atoms with Gasteiger partial charge in [-0.25, -0.2) is 0 Å². The van der Waals surface area contributed by atoms with Gasteiger partial charge >= 0.3 is 0 Å². The summed E-state index contributed by atoms with van der Waals surface area (Å²) in [6.45, 7) is 5.30. The molecule has 7 heteroatoms. The Morgan fingerprint density at radius 2 is 1.67 bits per heavy atom. The van der Waals surface area contributed by atoms with E-state index in [4.69, 9.17) is 5.73 Å². The largest absolute Gasteiger partial charge is 0.357 e. The van der Waals surface area contributed by atoms with Gasteiger partial charge in [0.05, 0.1) is 12.6 Å². The molecule has 0 saturated carbocycles. The summed E-state index contributed by atoms with van der Waals surface area (Å²) in [5.74, 6) is -1.16. The van der Waals surface area contributed by atoms with E-state index in [0.29, 0.717) is 6.42 Å². The second-order valence-electron chi connectivity index (χ2n) is 4.93. The normalized spacial score (nSPS) is 12.0. The number of carbonyl (C=O) groups is 3. The van der Waals surface area contributed by atoms with Crippen molar-refractivity contribution in [3.05, 3.63) is 35.9 Å². The van der Waals surface area contributed by atoms with E-state index in [2.05, 4.69) is 16.0 Å². The zero-order chi connectivity index (χ0) is 18.5. The Morgan fingerprint density at radius 3 is 2.17 bits per heavy atom. The van der Waals surface area contributed by atoms with E-state index in [1.54, 1.807) is 0 Å². The molecule has 0 radical (unpaired) electrons. The van der Waals surface area contributed by atoms with Crippen LogP contribution in [0.4, 0.5) is 0 Å². The first-order valence-electron chi connectivity index (χ1n) is 8.02. The van der Waals surface area contributed by atoms with Gasteiger partial charge in [0.2, 0.25) is 17.7 Å². The summed E-state index contributed by atoms with van der Waals surface area (Å²) < 4.78 is 0. The van der Waals surface area contributed by atoms with E-state index in [9.17, 15) is 14.4 Å². The average Bonchev–Trinajstić information content (AvgIpc) is 2.60. The molecule has 0 aliphatic rings. The van der Waals surface area contributed by atoms with E-state index >= 15 is 0 Å². The van der Waals surface area contributed by atoms with Crippen LogP contribution in [0.5, 0.6) is 0 Å². The fourth-order valence-corrected chi connectivity index (χ4v) is 1.81. The molecule has 1 aromatic rings. The molecule has 0 aliphatic carbocycles. The highest BCUT2D eigenvalue weighted by Crippen LogP contribution is 2.03. The molecule has 7 nitrogen and oxygen atoms in total. The van der Waals surface area contributed by atoms with E-state index in [1.165, 1.54) is 14.0 Å². The molecule has 3 amide bonds. The predicted octanol–water partition coefficient (Wildman–Crippen LogP) is -0.0505. The smallest absolute Gasteiger partial charge is 0.242 e. The minimum atomic E-state index is -0.702. The van der Waals surface area contributed by atoms with Crippen LogP contribution in [0.25, 0.3) is 0 Å². The van der Waals surface area contributed by atoms with Crippen LogP contribution >= 0.6 is 0 Å². The van der Waals surface area contributed by atoms with Gasteiger partial charge in [0.15, 0.2) is 0 Å². The lowest BCUT2D eigenvalue weighted by Crippen LogP contribution is -2.51. The van der Waals surface area contributed by atoms with Crippen molar-refractivity contribution in [2.45, 2.75) is 39.3 Å². The van der Waals surface area contributed by atoms with Crippen molar-refractivity contribution in [1.82, 2.24) is 16.0 Å². The monoisotopic (exact) mass is 336 g/mol. The van der Waals surface area contributed by atoms with Crippen molar-refractivity contribution in [2.75, 3.05) is 13.6 Å². The lowest BCUT2D eigenvalue weighted by atomic mass is 10.1. The fraction of sp³-hybridized carbons (Fsp3) is 0.471. The average molecular weight is 336 g/mol. The molecule has 0 spiro atoms. The van der Waals surface area contributed by atoms with Crippen molar-refractivity contribution in [2.24, 2.45) is 5.73 Å². The van der Waals surface area contributed by atoms with E-state index in [1.807, 2.05) is 44.2 Å². The molecule has 1 rings (SSSR count). The topological polar surface area (TPSA) is 113 Å². The Morgan fingerprint density at radius 1 is 1.08 bits per heavy atom. The summed E-state index contributed by atoms with van der Waals surface area (Å²) in [5, 5.41) is 7.52. The summed E-state index contributed by atoms with van der Waals surface area (Å²) in [5.41, 5.74) is 6.31. The van der Waals surface area contributed by atoms with Crippen molar-refractivity contribution >= 4 is 17.7 Å². The number of rotatable bonds is 7. The maximum absolute atomic E-state index is 11.9. The number of likely N-dealkylation sites (N-methyl/N-ethyl adjacent to an activating group) is 1. The number of nitrogens with one attached hydrogen (secondary N) is 3. The number of carbonyl (C=O) groups excluding carboxylic acids is 3. The Balaban J connectivity index is 0.00000254. The number of benzene rings is 1. The van der Waals surface area contributed by atoms with Gasteiger partial charge in [0, 0.05) is 13.5 Å². The van der Waals surface area contributed by atoms with Crippen LogP contribution in [0.1, 0.15) is 26.3 Å². The van der Waals surface area contributed by atoms with Gasteiger partial charge in [0.1, 0.15) is 6.04 Å². The molecule has 5 N–H and O–H groups in total. The lowest BCUT2D eigenvalue weighted by Gasteiger charge is -2.18. The van der Waals surface area contributed by atoms with Crippen molar-refractivity contribution < 1.29 is 14.4 Å². The van der Waals surface area contributed by atoms with Crippen LogP contribution in [0, 0.1) is 0 Å². The molecule has 1 aromatic carbocycles. The van der Waals surface area contributed by atoms with E-state index < -0.39 is 23.9 Å². The molecule has 2 atom stereocenters. The highest BCUT2D eigenvalue weighted by molar-refractivity contribution is 5.91. The fourth-order valence-electron chi connectivity index (χ4n) is 1.81. The first-order valence-corrected chi connectivity index (χ1v) is 8.02. The second kappa shape index (κ2) is 12.1. The van der Waals surface area contributed by atoms with Gasteiger partial charge in [-0.3, -0.25) is 14.4 Å². The minimum absolute atomic E-state index is 0.220. The molecule has 0 aromatic heterocycles. The van der Waals surface area contributed by atoms with Crippen LogP contribution in [0.3, 0.4) is 0 Å². The number of nitrogens with two attached hydrogens (primary N) is 1. The standard InChI is InChI=1S/C15H22N4O3.C2H6/c1-10(16)14(21)18-9-13(20)19-12(15(22)17-2)8-11-6-4-3-5-7-11;1-2/h3-7,10,12H,8-9,16H2,1-2H3,(H,17,22)(H,18,21)(H,19,20);1-2H3/t10-,12-;/m0./s1. The first-order chi connectivity index (χ1) is 11.4. The van der Waals surface area contributed by atoms with Crippen molar-refractivity contribution in [3.8, 4) is 0 Å². The predicted molar refractivity (Wildman–Crippen MR) is 94.2 cm³/mol. The Kier molecular flexibility index (Phi) is 10.9. The van der Waals surface area contributed by atoms with Crippen LogP contribution in [0.15, 0.2) is 30.3 Å². The lowest BCUT2D eigenvalue weighted by molar-refractivity contribution is -0.129. The molecule has 0 aliphatic heterocycles. The van der Waals surface area contributed by atoms with Gasteiger partial charge < -0.3 is 21.7 Å². The third-order valence-electron chi connectivity index (χ3n) is 3.02. The van der Waals surface area contributed by atoms with Gasteiger partial charge in [-0.05, 0) is 12.5 Å². The molecule has 0 fully saturated rings. The summed E-state index contributed by atoms with van der Waals surface area (Å²) in [6, 6.07) is 7.96. The van der Waals surface area contributed by atoms with E-state index in [-0.39, 0.29) is 12.5 Å². The quantitative estimate of drug-likeness (QED) is 0.559. The van der Waals surface area contributed by atoms with Crippen LogP contribution in [-0.2, 0) is 20.8 Å². The minimum Gasteiger partial charge on any atom is -0.357 e. The molecule has 0 heterocycles. The van der Waals surface area contributed by atoms with Gasteiger partial charge in [-0.1, -0.05) is 44.2 Å². The molecule has 24 heavy (non-hydrogen) atoms. The molecular weight excluding hydrogens is 308 g/mol. The maximum atomic E-state index is 11.9. The number of hydrogen-bond acceptors (Lipinski definition) is 4. The number of amides is 3. The molecule has 0 saturated heterocycles. The molecule has 0 unspecified atom stereocenters. The van der Waals surface area contributed by atoms with Gasteiger partial charge in [-0.15, -0.1) is 0 Å².